The second-order valence-corrected chi connectivity index (χ2v) is 4.00. The van der Waals surface area contributed by atoms with Gasteiger partial charge in [-0.05, 0) is 0 Å². The lowest BCUT2D eigenvalue weighted by molar-refractivity contribution is 0.177. The van der Waals surface area contributed by atoms with Crippen LogP contribution in [0.25, 0.3) is 0 Å². The van der Waals surface area contributed by atoms with Gasteiger partial charge in [-0.3, -0.25) is 0 Å². The minimum atomic E-state index is -1.70. The highest BCUT2D eigenvalue weighted by atomic mass is 35.9. The predicted molar refractivity (Wildman–Crippen MR) is 29.3 cm³/mol. The van der Waals surface area contributed by atoms with Gasteiger partial charge in [0.1, 0.15) is 0 Å². The largest absolute Gasteiger partial charge is 0.376 e. The van der Waals surface area contributed by atoms with Crippen molar-refractivity contribution >= 4 is 34.8 Å². The smallest absolute Gasteiger partial charge is 0.368 e. The maximum Gasteiger partial charge on any atom is 0.376 e. The van der Waals surface area contributed by atoms with Crippen molar-refractivity contribution in [1.82, 2.24) is 0 Å². The monoisotopic (exact) mass is 161 g/mol. The van der Waals surface area contributed by atoms with E-state index in [1.54, 1.807) is 0 Å². The minimum absolute atomic E-state index is 0.779. The van der Waals surface area contributed by atoms with Crippen molar-refractivity contribution in [3.8, 4) is 0 Å². The zero-order valence-corrected chi connectivity index (χ0v) is 5.50. The number of hydrogen-bond acceptors (Lipinski definition) is 3. The first-order valence-electron chi connectivity index (χ1n) is 1.21. The van der Waals surface area contributed by atoms with E-state index in [9.17, 15) is 4.79 Å². The van der Waals surface area contributed by atoms with Crippen LogP contribution in [0, 0.1) is 0 Å². The second-order valence-electron chi connectivity index (χ2n) is 0.617. The van der Waals surface area contributed by atoms with E-state index in [2.05, 4.69) is 10.7 Å². The van der Waals surface area contributed by atoms with E-state index >= 15 is 0 Å². The molecule has 6 heteroatoms. The highest BCUT2D eigenvalue weighted by Crippen LogP contribution is 2.47. The summed E-state index contributed by atoms with van der Waals surface area (Å²) >= 11 is 10.0. The molecule has 0 saturated carbocycles. The van der Waals surface area contributed by atoms with Gasteiger partial charge in [-0.25, -0.2) is 4.79 Å². The van der Waals surface area contributed by atoms with E-state index in [-0.39, 0.29) is 0 Å². The fourth-order valence-corrected chi connectivity index (χ4v) is 0.359. The minimum Gasteiger partial charge on any atom is -0.368 e. The van der Waals surface area contributed by atoms with Crippen LogP contribution in [-0.2, 0) is 4.84 Å². The van der Waals surface area contributed by atoms with Gasteiger partial charge in [0.15, 0.2) is 0 Å². The standard InChI is InChI=1S/CH2Cl2NO2P/c2-7(3)1(5)6-4/h4H2. The van der Waals surface area contributed by atoms with Crippen LogP contribution >= 0.6 is 29.1 Å². The van der Waals surface area contributed by atoms with Gasteiger partial charge in [0.25, 0.3) is 0 Å². The van der Waals surface area contributed by atoms with Crippen molar-refractivity contribution < 1.29 is 9.63 Å². The van der Waals surface area contributed by atoms with Gasteiger partial charge in [0, 0.05) is 0 Å². The Labute approximate surface area is 51.0 Å². The van der Waals surface area contributed by atoms with Crippen molar-refractivity contribution in [2.75, 3.05) is 0 Å². The third-order valence-corrected chi connectivity index (χ3v) is 1.45. The number of rotatable bonds is 1. The van der Waals surface area contributed by atoms with Gasteiger partial charge in [-0.2, -0.15) is 5.90 Å². The normalized spacial score (nSPS) is 9.14. The van der Waals surface area contributed by atoms with Crippen LogP contribution in [0.5, 0.6) is 0 Å². The first-order valence-corrected chi connectivity index (χ1v) is 4.36. The van der Waals surface area contributed by atoms with Crippen LogP contribution < -0.4 is 5.90 Å². The maximum absolute atomic E-state index is 9.93. The molecule has 0 rings (SSSR count). The Morgan fingerprint density at radius 2 is 2.14 bits per heavy atom. The molecule has 0 aliphatic heterocycles. The summed E-state index contributed by atoms with van der Waals surface area (Å²) in [6.45, 7) is -1.70. The van der Waals surface area contributed by atoms with Crippen LogP contribution in [0.4, 0.5) is 4.79 Å². The molecule has 0 spiro atoms. The molecular weight excluding hydrogens is 160 g/mol. The Hall–Kier alpha value is 0.440. The van der Waals surface area contributed by atoms with Crippen molar-refractivity contribution in [2.24, 2.45) is 5.90 Å². The molecule has 0 fully saturated rings. The molecule has 0 atom stereocenters. The number of carbonyl (C=O) groups is 1. The molecule has 42 valence electrons. The van der Waals surface area contributed by atoms with Gasteiger partial charge < -0.3 is 4.84 Å². The molecule has 0 bridgehead atoms. The fraction of sp³-hybridized carbons (Fsp3) is 0. The Kier molecular flexibility index (Phi) is 3.66. The lowest BCUT2D eigenvalue weighted by atomic mass is 11.6. The van der Waals surface area contributed by atoms with E-state index in [1.807, 2.05) is 0 Å². The summed E-state index contributed by atoms with van der Waals surface area (Å²) in [5, 5.41) is 0. The average Bonchev–Trinajstić information content (AvgIpc) is 1.65. The Morgan fingerprint density at radius 3 is 2.14 bits per heavy atom. The summed E-state index contributed by atoms with van der Waals surface area (Å²) in [5.74, 6) is 4.37. The van der Waals surface area contributed by atoms with E-state index < -0.39 is 12.3 Å². The van der Waals surface area contributed by atoms with Crippen LogP contribution in [-0.4, -0.2) is 5.71 Å². The first-order chi connectivity index (χ1) is 3.18. The maximum atomic E-state index is 9.93. The van der Waals surface area contributed by atoms with Crippen LogP contribution in [0.15, 0.2) is 0 Å². The summed E-state index contributed by atoms with van der Waals surface area (Å²) in [7, 11) is 0. The van der Waals surface area contributed by atoms with E-state index in [0.29, 0.717) is 0 Å². The highest BCUT2D eigenvalue weighted by Gasteiger charge is 2.11. The van der Waals surface area contributed by atoms with Gasteiger partial charge >= 0.3 is 5.71 Å². The predicted octanol–water partition coefficient (Wildman–Crippen LogP) is 1.79. The van der Waals surface area contributed by atoms with Crippen LogP contribution in [0.1, 0.15) is 0 Å². The molecule has 0 aromatic rings. The molecule has 7 heavy (non-hydrogen) atoms. The quantitative estimate of drug-likeness (QED) is 0.472. The Balaban J connectivity index is 3.35. The molecule has 0 aliphatic rings. The number of hydrogen-bond donors (Lipinski definition) is 1. The summed E-state index contributed by atoms with van der Waals surface area (Å²) in [6, 6.07) is 0. The third-order valence-electron chi connectivity index (χ3n) is 0.239. The van der Waals surface area contributed by atoms with Gasteiger partial charge in [-0.15, -0.1) is 0 Å². The molecule has 0 saturated heterocycles. The van der Waals surface area contributed by atoms with E-state index in [0.717, 1.165) is 0 Å². The van der Waals surface area contributed by atoms with Crippen LogP contribution in [0.3, 0.4) is 0 Å². The van der Waals surface area contributed by atoms with Gasteiger partial charge in [-0.1, -0.05) is 22.5 Å². The number of halogens is 2. The lowest BCUT2D eigenvalue weighted by Gasteiger charge is -1.91. The summed E-state index contributed by atoms with van der Waals surface area (Å²) in [4.78, 5) is 13.6. The molecule has 0 heterocycles. The van der Waals surface area contributed by atoms with Crippen molar-refractivity contribution in [1.29, 1.82) is 0 Å². The van der Waals surface area contributed by atoms with Gasteiger partial charge in [0.2, 0.25) is 6.63 Å². The average molecular weight is 162 g/mol. The third kappa shape index (κ3) is 3.06. The molecular formula is CH2Cl2NO2P. The molecule has 0 unspecified atom stereocenters. The summed E-state index contributed by atoms with van der Waals surface area (Å²) in [5.41, 5.74) is -0.779. The number of nitrogens with two attached hydrogens (primary N) is 1. The highest BCUT2D eigenvalue weighted by molar-refractivity contribution is 8.14. The zero-order chi connectivity index (χ0) is 5.86. The second kappa shape index (κ2) is 3.44. The zero-order valence-electron chi connectivity index (χ0n) is 3.10. The SMILES string of the molecule is NOC(=O)P(Cl)Cl. The first kappa shape index (κ1) is 7.44. The molecule has 2 N–H and O–H groups in total. The van der Waals surface area contributed by atoms with Gasteiger partial charge in [0.05, 0.1) is 0 Å². The summed E-state index contributed by atoms with van der Waals surface area (Å²) in [6.07, 6.45) is 0. The van der Waals surface area contributed by atoms with E-state index in [4.69, 9.17) is 22.5 Å². The van der Waals surface area contributed by atoms with Crippen LogP contribution in [0.2, 0.25) is 0 Å². The lowest BCUT2D eigenvalue weighted by Crippen LogP contribution is -2.01. The molecule has 0 aromatic heterocycles. The Morgan fingerprint density at radius 1 is 1.71 bits per heavy atom. The summed E-state index contributed by atoms with van der Waals surface area (Å²) < 4.78 is 0. The van der Waals surface area contributed by atoms with Crippen molar-refractivity contribution in [3.05, 3.63) is 0 Å². The molecule has 0 radical (unpaired) electrons. The number of carbonyl (C=O) groups excluding carboxylic acids is 1. The molecule has 0 aliphatic carbocycles. The molecule has 0 aromatic carbocycles. The topological polar surface area (TPSA) is 52.3 Å². The Bertz CT molecular complexity index is 76.1. The van der Waals surface area contributed by atoms with E-state index in [1.165, 1.54) is 0 Å². The fourth-order valence-electron chi connectivity index (χ4n) is 0.0398. The molecule has 0 amide bonds. The van der Waals surface area contributed by atoms with Crippen molar-refractivity contribution in [3.63, 3.8) is 0 Å². The molecule has 3 nitrogen and oxygen atoms in total. The van der Waals surface area contributed by atoms with Crippen molar-refractivity contribution in [2.45, 2.75) is 0 Å².